The molecule has 0 heterocycles. The molecular formula is C22H24FNO4. The van der Waals surface area contributed by atoms with Gasteiger partial charge in [-0.05, 0) is 47.7 Å². The van der Waals surface area contributed by atoms with Gasteiger partial charge in [-0.1, -0.05) is 38.1 Å². The summed E-state index contributed by atoms with van der Waals surface area (Å²) in [6.07, 6.45) is 3.49. The van der Waals surface area contributed by atoms with E-state index in [1.54, 1.807) is 6.07 Å². The second-order valence-corrected chi connectivity index (χ2v) is 6.28. The summed E-state index contributed by atoms with van der Waals surface area (Å²) in [5.41, 5.74) is 2.22. The molecule has 1 N–H and O–H groups in total. The lowest BCUT2D eigenvalue weighted by Gasteiger charge is -2.15. The Bertz CT molecular complexity index is 863. The Balaban J connectivity index is 1.89. The van der Waals surface area contributed by atoms with Gasteiger partial charge in [-0.2, -0.15) is 0 Å². The van der Waals surface area contributed by atoms with Gasteiger partial charge in [0.25, 0.3) is 5.91 Å². The minimum absolute atomic E-state index is 0.120. The Morgan fingerprint density at radius 1 is 1.21 bits per heavy atom. The number of anilines is 1. The van der Waals surface area contributed by atoms with Gasteiger partial charge in [-0.15, -0.1) is 0 Å². The fraction of sp³-hybridized carbons (Fsp3) is 0.273. The Morgan fingerprint density at radius 3 is 2.64 bits per heavy atom. The highest BCUT2D eigenvalue weighted by molar-refractivity contribution is 5.95. The fourth-order valence-electron chi connectivity index (χ4n) is 2.58. The van der Waals surface area contributed by atoms with Gasteiger partial charge in [0, 0.05) is 11.8 Å². The summed E-state index contributed by atoms with van der Waals surface area (Å²) in [7, 11) is 1.37. The number of amides is 1. The summed E-state index contributed by atoms with van der Waals surface area (Å²) in [4.78, 5) is 23.9. The number of halogens is 1. The zero-order valence-electron chi connectivity index (χ0n) is 16.2. The minimum Gasteiger partial charge on any atom is -0.494 e. The number of benzene rings is 2. The first-order valence-electron chi connectivity index (χ1n) is 9.01. The number of carbonyl (C=O) groups excluding carboxylic acids is 2. The van der Waals surface area contributed by atoms with Crippen molar-refractivity contribution in [2.24, 2.45) is 0 Å². The van der Waals surface area contributed by atoms with Gasteiger partial charge in [-0.25, -0.2) is 9.18 Å². The largest absolute Gasteiger partial charge is 0.494 e. The van der Waals surface area contributed by atoms with Crippen LogP contribution in [0.1, 0.15) is 37.3 Å². The monoisotopic (exact) mass is 385 g/mol. The number of hydrogen-bond donors (Lipinski definition) is 1. The van der Waals surface area contributed by atoms with E-state index in [1.807, 2.05) is 24.3 Å². The zero-order chi connectivity index (χ0) is 20.5. The number of hydrogen-bond acceptors (Lipinski definition) is 4. The van der Waals surface area contributed by atoms with Crippen molar-refractivity contribution in [3.8, 4) is 5.75 Å². The highest BCUT2D eigenvalue weighted by Gasteiger charge is 2.12. The molecule has 1 atom stereocenters. The van der Waals surface area contributed by atoms with Gasteiger partial charge < -0.3 is 14.8 Å². The molecule has 0 aliphatic carbocycles. The predicted molar refractivity (Wildman–Crippen MR) is 107 cm³/mol. The number of carbonyl (C=O) groups is 2. The molecule has 148 valence electrons. The van der Waals surface area contributed by atoms with Gasteiger partial charge in [0.2, 0.25) is 0 Å². The van der Waals surface area contributed by atoms with Crippen molar-refractivity contribution in [2.45, 2.75) is 26.2 Å². The van der Waals surface area contributed by atoms with Crippen molar-refractivity contribution in [1.82, 2.24) is 0 Å². The number of methoxy groups -OCH3 is 1. The van der Waals surface area contributed by atoms with Gasteiger partial charge in [-0.3, -0.25) is 4.79 Å². The summed E-state index contributed by atoms with van der Waals surface area (Å²) in [5.74, 6) is -1.23. The van der Waals surface area contributed by atoms with Crippen LogP contribution >= 0.6 is 0 Å². The highest BCUT2D eigenvalue weighted by Crippen LogP contribution is 2.26. The molecular weight excluding hydrogens is 361 g/mol. The van der Waals surface area contributed by atoms with Crippen molar-refractivity contribution < 1.29 is 23.5 Å². The Labute approximate surface area is 164 Å². The molecule has 0 aromatic heterocycles. The first kappa shape index (κ1) is 21.2. The van der Waals surface area contributed by atoms with E-state index in [0.717, 1.165) is 18.1 Å². The smallest absolute Gasteiger partial charge is 0.331 e. The first-order chi connectivity index (χ1) is 13.4. The van der Waals surface area contributed by atoms with Crippen LogP contribution in [0.5, 0.6) is 5.75 Å². The Morgan fingerprint density at radius 2 is 1.96 bits per heavy atom. The molecule has 2 aromatic carbocycles. The minimum atomic E-state index is -0.693. The van der Waals surface area contributed by atoms with E-state index in [2.05, 4.69) is 19.2 Å². The standard InChI is InChI=1S/C22H24FNO4/c1-4-15(2)17-7-5-6-8-19(17)24-21(25)14-28-22(26)12-10-16-9-11-20(27-3)18(23)13-16/h5-13,15H,4,14H2,1-3H3,(H,24,25)/b12-10+/t15-/m1/s1. The maximum Gasteiger partial charge on any atom is 0.331 e. The number of para-hydroxylation sites is 1. The van der Waals surface area contributed by atoms with Crippen LogP contribution in [-0.2, 0) is 14.3 Å². The zero-order valence-corrected chi connectivity index (χ0v) is 16.2. The van der Waals surface area contributed by atoms with Crippen molar-refractivity contribution in [2.75, 3.05) is 19.0 Å². The van der Waals surface area contributed by atoms with Crippen LogP contribution in [0.25, 0.3) is 6.08 Å². The number of nitrogens with one attached hydrogen (secondary N) is 1. The molecule has 0 fully saturated rings. The first-order valence-corrected chi connectivity index (χ1v) is 9.01. The third kappa shape index (κ3) is 5.94. The molecule has 0 unspecified atom stereocenters. The van der Waals surface area contributed by atoms with E-state index in [1.165, 1.54) is 25.3 Å². The number of ether oxygens (including phenoxy) is 2. The maximum atomic E-state index is 13.6. The third-order valence-electron chi connectivity index (χ3n) is 4.31. The van der Waals surface area contributed by atoms with E-state index in [9.17, 15) is 14.0 Å². The summed E-state index contributed by atoms with van der Waals surface area (Å²) in [5, 5.41) is 2.77. The summed E-state index contributed by atoms with van der Waals surface area (Å²) < 4.78 is 23.4. The lowest BCUT2D eigenvalue weighted by molar-refractivity contribution is -0.142. The topological polar surface area (TPSA) is 64.6 Å². The molecule has 0 saturated carbocycles. The van der Waals surface area contributed by atoms with Crippen molar-refractivity contribution >= 4 is 23.6 Å². The molecule has 0 radical (unpaired) electrons. The fourth-order valence-corrected chi connectivity index (χ4v) is 2.58. The maximum absolute atomic E-state index is 13.6. The van der Waals surface area contributed by atoms with E-state index < -0.39 is 24.3 Å². The lowest BCUT2D eigenvalue weighted by atomic mass is 9.97. The molecule has 0 bridgehead atoms. The number of esters is 1. The van der Waals surface area contributed by atoms with E-state index in [-0.39, 0.29) is 5.75 Å². The van der Waals surface area contributed by atoms with Crippen molar-refractivity contribution in [3.05, 3.63) is 65.5 Å². The molecule has 6 heteroatoms. The third-order valence-corrected chi connectivity index (χ3v) is 4.31. The quantitative estimate of drug-likeness (QED) is 0.535. The number of rotatable bonds is 8. The van der Waals surface area contributed by atoms with E-state index in [0.29, 0.717) is 17.2 Å². The Kier molecular flexibility index (Phi) is 7.75. The van der Waals surface area contributed by atoms with Crippen LogP contribution < -0.4 is 10.1 Å². The second-order valence-electron chi connectivity index (χ2n) is 6.28. The Hall–Kier alpha value is -3.15. The SMILES string of the molecule is CC[C@@H](C)c1ccccc1NC(=O)COC(=O)/C=C/c1ccc(OC)c(F)c1. The molecule has 28 heavy (non-hydrogen) atoms. The summed E-state index contributed by atoms with van der Waals surface area (Å²) >= 11 is 0. The van der Waals surface area contributed by atoms with Crippen molar-refractivity contribution in [1.29, 1.82) is 0 Å². The molecule has 0 aliphatic heterocycles. The highest BCUT2D eigenvalue weighted by atomic mass is 19.1. The van der Waals surface area contributed by atoms with Crippen LogP contribution in [0, 0.1) is 5.82 Å². The van der Waals surface area contributed by atoms with E-state index >= 15 is 0 Å². The van der Waals surface area contributed by atoms with Crippen LogP contribution in [0.3, 0.4) is 0 Å². The van der Waals surface area contributed by atoms with Crippen LogP contribution in [0.15, 0.2) is 48.5 Å². The van der Waals surface area contributed by atoms with Gasteiger partial charge in [0.15, 0.2) is 18.2 Å². The van der Waals surface area contributed by atoms with Crippen LogP contribution in [0.2, 0.25) is 0 Å². The molecule has 5 nitrogen and oxygen atoms in total. The van der Waals surface area contributed by atoms with Crippen molar-refractivity contribution in [3.63, 3.8) is 0 Å². The molecule has 0 saturated heterocycles. The van der Waals surface area contributed by atoms with Crippen LogP contribution in [0.4, 0.5) is 10.1 Å². The molecule has 0 spiro atoms. The van der Waals surface area contributed by atoms with Gasteiger partial charge in [0.05, 0.1) is 7.11 Å². The van der Waals surface area contributed by atoms with Gasteiger partial charge in [0.1, 0.15) is 0 Å². The van der Waals surface area contributed by atoms with Crippen LogP contribution in [-0.4, -0.2) is 25.6 Å². The summed E-state index contributed by atoms with van der Waals surface area (Å²) in [6, 6.07) is 11.8. The average molecular weight is 385 g/mol. The molecule has 1 amide bonds. The normalized spacial score (nSPS) is 11.9. The molecule has 2 aromatic rings. The summed E-state index contributed by atoms with van der Waals surface area (Å²) in [6.45, 7) is 3.75. The predicted octanol–water partition coefficient (Wildman–Crippen LogP) is 4.54. The molecule has 2 rings (SSSR count). The second kappa shape index (κ2) is 10.3. The van der Waals surface area contributed by atoms with Gasteiger partial charge >= 0.3 is 5.97 Å². The average Bonchev–Trinajstić information content (AvgIpc) is 2.70. The van der Waals surface area contributed by atoms with E-state index in [4.69, 9.17) is 9.47 Å². The molecule has 0 aliphatic rings. The lowest BCUT2D eigenvalue weighted by Crippen LogP contribution is -2.21.